The maximum Gasteiger partial charge on any atom is 0.169 e. The Balaban J connectivity index is 2.09. The van der Waals surface area contributed by atoms with Crippen LogP contribution in [0.5, 0.6) is 0 Å². The van der Waals surface area contributed by atoms with E-state index in [9.17, 15) is 0 Å². The molecule has 2 rings (SSSR count). The van der Waals surface area contributed by atoms with E-state index >= 15 is 0 Å². The summed E-state index contributed by atoms with van der Waals surface area (Å²) in [7, 11) is 0. The second-order valence-electron chi connectivity index (χ2n) is 3.68. The zero-order valence-electron chi connectivity index (χ0n) is 8.22. The van der Waals surface area contributed by atoms with Gasteiger partial charge < -0.3 is 9.73 Å². The Morgan fingerprint density at radius 3 is 3.07 bits per heavy atom. The van der Waals surface area contributed by atoms with Crippen LogP contribution in [0.2, 0.25) is 0 Å². The molecule has 1 fully saturated rings. The van der Waals surface area contributed by atoms with Gasteiger partial charge in [0.2, 0.25) is 0 Å². The Labute approximate surface area is 92.5 Å². The fourth-order valence-electron chi connectivity index (χ4n) is 1.80. The van der Waals surface area contributed by atoms with Gasteiger partial charge in [-0.3, -0.25) is 0 Å². The molecule has 1 N–H and O–H groups in total. The average molecular weight is 256 g/mol. The summed E-state index contributed by atoms with van der Waals surface area (Å²) in [6.07, 6.45) is 4.62. The number of hydrogen-bond donors (Lipinski definition) is 1. The third kappa shape index (κ3) is 2.28. The standard InChI is InChI=1S/C11H14BrNO/c1-8(10-3-2-6-13-10)7-9-4-5-11(12)14-9/h4-5,7,10,13H,2-3,6H2,1H3/b8-7-. The van der Waals surface area contributed by atoms with Crippen molar-refractivity contribution >= 4 is 22.0 Å². The zero-order chi connectivity index (χ0) is 9.97. The average Bonchev–Trinajstić information content (AvgIpc) is 2.75. The molecule has 0 spiro atoms. The van der Waals surface area contributed by atoms with Crippen molar-refractivity contribution in [2.45, 2.75) is 25.8 Å². The molecule has 1 aromatic rings. The number of furan rings is 1. The third-order valence-corrected chi connectivity index (χ3v) is 3.00. The smallest absolute Gasteiger partial charge is 0.169 e. The van der Waals surface area contributed by atoms with Gasteiger partial charge in [-0.25, -0.2) is 0 Å². The lowest BCUT2D eigenvalue weighted by Gasteiger charge is -2.09. The van der Waals surface area contributed by atoms with Crippen LogP contribution in [0.4, 0.5) is 0 Å². The summed E-state index contributed by atoms with van der Waals surface area (Å²) in [5, 5.41) is 3.46. The Bertz CT molecular complexity index is 337. The molecule has 1 aromatic heterocycles. The van der Waals surface area contributed by atoms with Gasteiger partial charge in [0.1, 0.15) is 5.76 Å². The van der Waals surface area contributed by atoms with E-state index < -0.39 is 0 Å². The fraction of sp³-hybridized carbons (Fsp3) is 0.455. The summed E-state index contributed by atoms with van der Waals surface area (Å²) >= 11 is 3.29. The number of nitrogens with one attached hydrogen (secondary N) is 1. The molecular formula is C11H14BrNO. The fourth-order valence-corrected chi connectivity index (χ4v) is 2.12. The van der Waals surface area contributed by atoms with Crippen LogP contribution >= 0.6 is 15.9 Å². The van der Waals surface area contributed by atoms with E-state index in [-0.39, 0.29) is 0 Å². The molecule has 3 heteroatoms. The van der Waals surface area contributed by atoms with Crippen LogP contribution in [-0.4, -0.2) is 12.6 Å². The van der Waals surface area contributed by atoms with Gasteiger partial charge in [0.25, 0.3) is 0 Å². The highest BCUT2D eigenvalue weighted by molar-refractivity contribution is 9.10. The normalized spacial score (nSPS) is 23.0. The van der Waals surface area contributed by atoms with Crippen molar-refractivity contribution in [3.05, 3.63) is 28.1 Å². The lowest BCUT2D eigenvalue weighted by molar-refractivity contribution is 0.530. The summed E-state index contributed by atoms with van der Waals surface area (Å²) in [4.78, 5) is 0. The van der Waals surface area contributed by atoms with Gasteiger partial charge in [0.15, 0.2) is 4.67 Å². The van der Waals surface area contributed by atoms with Crippen LogP contribution in [0, 0.1) is 0 Å². The molecule has 0 aliphatic carbocycles. The highest BCUT2D eigenvalue weighted by Gasteiger charge is 2.15. The second kappa shape index (κ2) is 4.32. The Kier molecular flexibility index (Phi) is 3.08. The number of hydrogen-bond acceptors (Lipinski definition) is 2. The maximum absolute atomic E-state index is 5.43. The molecule has 1 aliphatic heterocycles. The lowest BCUT2D eigenvalue weighted by atomic mass is 10.1. The van der Waals surface area contributed by atoms with Crippen molar-refractivity contribution in [1.29, 1.82) is 0 Å². The van der Waals surface area contributed by atoms with E-state index in [4.69, 9.17) is 4.42 Å². The van der Waals surface area contributed by atoms with Gasteiger partial charge >= 0.3 is 0 Å². The summed E-state index contributed by atoms with van der Waals surface area (Å²) in [5.74, 6) is 0.920. The Morgan fingerprint density at radius 1 is 1.64 bits per heavy atom. The van der Waals surface area contributed by atoms with Crippen molar-refractivity contribution in [3.63, 3.8) is 0 Å². The predicted molar refractivity (Wildman–Crippen MR) is 61.1 cm³/mol. The first-order valence-electron chi connectivity index (χ1n) is 4.92. The second-order valence-corrected chi connectivity index (χ2v) is 4.46. The minimum atomic E-state index is 0.541. The van der Waals surface area contributed by atoms with Crippen LogP contribution in [0.3, 0.4) is 0 Å². The molecular weight excluding hydrogens is 242 g/mol. The molecule has 14 heavy (non-hydrogen) atoms. The number of rotatable bonds is 2. The van der Waals surface area contributed by atoms with E-state index in [0.717, 1.165) is 17.0 Å². The molecule has 0 aromatic carbocycles. The van der Waals surface area contributed by atoms with E-state index in [1.54, 1.807) is 0 Å². The first-order chi connectivity index (χ1) is 6.75. The first-order valence-corrected chi connectivity index (χ1v) is 5.72. The minimum Gasteiger partial charge on any atom is -0.450 e. The van der Waals surface area contributed by atoms with Crippen LogP contribution in [0.1, 0.15) is 25.5 Å². The summed E-state index contributed by atoms with van der Waals surface area (Å²) in [6.45, 7) is 3.29. The molecule has 1 unspecified atom stereocenters. The van der Waals surface area contributed by atoms with Crippen molar-refractivity contribution in [2.75, 3.05) is 6.54 Å². The van der Waals surface area contributed by atoms with Gasteiger partial charge in [-0.15, -0.1) is 0 Å². The summed E-state index contributed by atoms with van der Waals surface area (Å²) in [6, 6.07) is 4.43. The van der Waals surface area contributed by atoms with E-state index in [1.807, 2.05) is 12.1 Å². The molecule has 2 nitrogen and oxygen atoms in total. The van der Waals surface area contributed by atoms with Crippen molar-refractivity contribution in [2.24, 2.45) is 0 Å². The molecule has 0 saturated carbocycles. The van der Waals surface area contributed by atoms with E-state index in [0.29, 0.717) is 6.04 Å². The molecule has 0 radical (unpaired) electrons. The quantitative estimate of drug-likeness (QED) is 0.879. The van der Waals surface area contributed by atoms with Crippen LogP contribution in [-0.2, 0) is 0 Å². The molecule has 1 aliphatic rings. The Morgan fingerprint density at radius 2 is 2.50 bits per heavy atom. The molecule has 1 atom stereocenters. The van der Waals surface area contributed by atoms with Crippen molar-refractivity contribution in [3.8, 4) is 0 Å². The zero-order valence-corrected chi connectivity index (χ0v) is 9.80. The minimum absolute atomic E-state index is 0.541. The third-order valence-electron chi connectivity index (χ3n) is 2.57. The molecule has 0 bridgehead atoms. The number of halogens is 1. The lowest BCUT2D eigenvalue weighted by Crippen LogP contribution is -2.22. The van der Waals surface area contributed by atoms with Gasteiger partial charge in [0, 0.05) is 6.04 Å². The van der Waals surface area contributed by atoms with Gasteiger partial charge in [0.05, 0.1) is 0 Å². The maximum atomic E-state index is 5.43. The first kappa shape index (κ1) is 9.99. The van der Waals surface area contributed by atoms with Gasteiger partial charge in [-0.05, 0) is 60.4 Å². The van der Waals surface area contributed by atoms with Gasteiger partial charge in [-0.1, -0.05) is 5.57 Å². The summed E-state index contributed by atoms with van der Waals surface area (Å²) < 4.78 is 6.21. The SMILES string of the molecule is C/C(=C/c1ccc(Br)o1)C1CCCN1. The van der Waals surface area contributed by atoms with Crippen LogP contribution in [0.25, 0.3) is 6.08 Å². The monoisotopic (exact) mass is 255 g/mol. The van der Waals surface area contributed by atoms with E-state index in [1.165, 1.54) is 18.4 Å². The topological polar surface area (TPSA) is 25.2 Å². The predicted octanol–water partition coefficient (Wildman–Crippen LogP) is 3.20. The van der Waals surface area contributed by atoms with E-state index in [2.05, 4.69) is 34.2 Å². The summed E-state index contributed by atoms with van der Waals surface area (Å²) in [5.41, 5.74) is 1.35. The molecule has 1 saturated heterocycles. The van der Waals surface area contributed by atoms with Crippen molar-refractivity contribution in [1.82, 2.24) is 5.32 Å². The molecule has 0 amide bonds. The Hall–Kier alpha value is -0.540. The molecule has 2 heterocycles. The highest BCUT2D eigenvalue weighted by Crippen LogP contribution is 2.20. The van der Waals surface area contributed by atoms with Crippen LogP contribution < -0.4 is 5.32 Å². The van der Waals surface area contributed by atoms with Gasteiger partial charge in [-0.2, -0.15) is 0 Å². The molecule has 76 valence electrons. The van der Waals surface area contributed by atoms with Crippen LogP contribution in [0.15, 0.2) is 26.8 Å². The highest BCUT2D eigenvalue weighted by atomic mass is 79.9. The van der Waals surface area contributed by atoms with Crippen molar-refractivity contribution < 1.29 is 4.42 Å². The largest absolute Gasteiger partial charge is 0.450 e.